The molecular weight excluding hydrogens is 204 g/mol. The first-order valence-corrected chi connectivity index (χ1v) is 4.98. The second kappa shape index (κ2) is 4.28. The largest absolute Gasteiger partial charge is 0.383 e. The van der Waals surface area contributed by atoms with Crippen molar-refractivity contribution in [2.24, 2.45) is 0 Å². The molecule has 0 aliphatic heterocycles. The summed E-state index contributed by atoms with van der Waals surface area (Å²) in [5.74, 6) is 0.516. The minimum absolute atomic E-state index is 0.0903. The van der Waals surface area contributed by atoms with E-state index in [0.717, 1.165) is 16.8 Å². The van der Waals surface area contributed by atoms with Crippen LogP contribution in [-0.2, 0) is 0 Å². The van der Waals surface area contributed by atoms with E-state index in [9.17, 15) is 0 Å². The van der Waals surface area contributed by atoms with Crippen LogP contribution in [0.3, 0.4) is 0 Å². The highest BCUT2D eigenvalue weighted by molar-refractivity contribution is 5.48. The molecule has 0 amide bonds. The van der Waals surface area contributed by atoms with Gasteiger partial charge in [-0.3, -0.25) is 0 Å². The third-order valence-corrected chi connectivity index (χ3v) is 2.55. The average molecular weight is 218 g/mol. The number of hydrogen-bond acceptors (Lipinski definition) is 5. The quantitative estimate of drug-likeness (QED) is 0.693. The molecule has 1 unspecified atom stereocenters. The zero-order chi connectivity index (χ0) is 11.5. The summed E-state index contributed by atoms with van der Waals surface area (Å²) in [6.45, 7) is 2.00. The van der Waals surface area contributed by atoms with Gasteiger partial charge >= 0.3 is 0 Å². The molecule has 6 heteroatoms. The molecule has 0 spiro atoms. The maximum Gasteiger partial charge on any atom is 0.128 e. The molecule has 0 saturated heterocycles. The van der Waals surface area contributed by atoms with Gasteiger partial charge in [-0.25, -0.2) is 4.98 Å². The number of nitrogens with zero attached hydrogens (tertiary/aromatic N) is 3. The van der Waals surface area contributed by atoms with Crippen LogP contribution in [0.4, 0.5) is 5.82 Å². The molecule has 0 aliphatic rings. The van der Waals surface area contributed by atoms with Crippen LogP contribution in [0, 0.1) is 6.92 Å². The van der Waals surface area contributed by atoms with Crippen LogP contribution in [0.1, 0.15) is 22.9 Å². The van der Waals surface area contributed by atoms with E-state index < -0.39 is 0 Å². The van der Waals surface area contributed by atoms with Crippen LogP contribution in [0.2, 0.25) is 0 Å². The lowest BCUT2D eigenvalue weighted by atomic mass is 10.0. The van der Waals surface area contributed by atoms with E-state index in [-0.39, 0.29) is 6.04 Å². The van der Waals surface area contributed by atoms with E-state index in [1.807, 2.05) is 20.0 Å². The van der Waals surface area contributed by atoms with Gasteiger partial charge in [-0.15, -0.1) is 0 Å². The predicted molar refractivity (Wildman–Crippen MR) is 60.7 cm³/mol. The van der Waals surface area contributed by atoms with Crippen molar-refractivity contribution in [2.75, 3.05) is 12.8 Å². The lowest BCUT2D eigenvalue weighted by molar-refractivity contribution is 0.663. The third-order valence-electron chi connectivity index (χ3n) is 2.55. The molecule has 0 saturated carbocycles. The van der Waals surface area contributed by atoms with E-state index in [4.69, 9.17) is 5.73 Å². The molecule has 0 aliphatic carbocycles. The van der Waals surface area contributed by atoms with Crippen LogP contribution in [0.25, 0.3) is 0 Å². The fraction of sp³-hybridized carbons (Fsp3) is 0.300. The molecule has 0 radical (unpaired) electrons. The topological polar surface area (TPSA) is 92.5 Å². The molecule has 4 N–H and O–H groups in total. The smallest absolute Gasteiger partial charge is 0.128 e. The molecule has 16 heavy (non-hydrogen) atoms. The van der Waals surface area contributed by atoms with E-state index in [1.165, 1.54) is 0 Å². The average Bonchev–Trinajstić information content (AvgIpc) is 2.77. The summed E-state index contributed by atoms with van der Waals surface area (Å²) >= 11 is 0. The van der Waals surface area contributed by atoms with Gasteiger partial charge < -0.3 is 11.1 Å². The van der Waals surface area contributed by atoms with Crippen LogP contribution in [0.5, 0.6) is 0 Å². The van der Waals surface area contributed by atoms with Crippen LogP contribution in [0.15, 0.2) is 18.5 Å². The van der Waals surface area contributed by atoms with Gasteiger partial charge in [-0.05, 0) is 25.6 Å². The molecule has 0 aromatic carbocycles. The highest BCUT2D eigenvalue weighted by Gasteiger charge is 2.19. The van der Waals surface area contributed by atoms with Crippen molar-refractivity contribution in [1.82, 2.24) is 25.7 Å². The van der Waals surface area contributed by atoms with Crippen molar-refractivity contribution in [1.29, 1.82) is 0 Å². The normalized spacial score (nSPS) is 12.6. The minimum atomic E-state index is -0.0903. The molecule has 2 heterocycles. The lowest BCUT2D eigenvalue weighted by Crippen LogP contribution is -2.21. The Morgan fingerprint density at radius 3 is 2.88 bits per heavy atom. The number of nitrogens with one attached hydrogen (secondary N) is 2. The number of nitrogen functional groups attached to an aromatic ring is 1. The SMILES string of the molecule is CNC(c1cn[nH]n1)c1c(C)ccnc1N. The van der Waals surface area contributed by atoms with Gasteiger partial charge in [0.25, 0.3) is 0 Å². The summed E-state index contributed by atoms with van der Waals surface area (Å²) in [7, 11) is 1.85. The number of aryl methyl sites for hydroxylation is 1. The summed E-state index contributed by atoms with van der Waals surface area (Å²) in [5.41, 5.74) is 8.71. The first-order chi connectivity index (χ1) is 7.74. The minimum Gasteiger partial charge on any atom is -0.383 e. The maximum absolute atomic E-state index is 5.89. The van der Waals surface area contributed by atoms with Gasteiger partial charge in [0.1, 0.15) is 11.5 Å². The zero-order valence-corrected chi connectivity index (χ0v) is 9.23. The molecule has 2 aromatic heterocycles. The third kappa shape index (κ3) is 1.74. The molecule has 2 rings (SSSR count). The second-order valence-electron chi connectivity index (χ2n) is 3.54. The summed E-state index contributed by atoms with van der Waals surface area (Å²) in [4.78, 5) is 4.10. The van der Waals surface area contributed by atoms with Crippen molar-refractivity contribution in [2.45, 2.75) is 13.0 Å². The Morgan fingerprint density at radius 2 is 2.31 bits per heavy atom. The van der Waals surface area contributed by atoms with Crippen molar-refractivity contribution in [3.8, 4) is 0 Å². The van der Waals surface area contributed by atoms with Crippen molar-refractivity contribution in [3.63, 3.8) is 0 Å². The Labute approximate surface area is 93.3 Å². The molecule has 1 atom stereocenters. The van der Waals surface area contributed by atoms with Gasteiger partial charge in [0.2, 0.25) is 0 Å². The molecule has 0 fully saturated rings. The standard InChI is InChI=1S/C10H14N6/c1-6-3-4-13-10(11)8(6)9(12-2)7-5-14-16-15-7/h3-5,9,12H,1-2H3,(H2,11,13)(H,14,15,16). The first kappa shape index (κ1) is 10.6. The monoisotopic (exact) mass is 218 g/mol. The summed E-state index contributed by atoms with van der Waals surface area (Å²) in [6.07, 6.45) is 3.37. The Morgan fingerprint density at radius 1 is 1.50 bits per heavy atom. The molecule has 84 valence electrons. The Bertz CT molecular complexity index is 444. The van der Waals surface area contributed by atoms with Crippen LogP contribution < -0.4 is 11.1 Å². The van der Waals surface area contributed by atoms with Gasteiger partial charge in [0.15, 0.2) is 0 Å². The van der Waals surface area contributed by atoms with Gasteiger partial charge in [-0.1, -0.05) is 0 Å². The first-order valence-electron chi connectivity index (χ1n) is 4.98. The van der Waals surface area contributed by atoms with Crippen molar-refractivity contribution in [3.05, 3.63) is 35.3 Å². The highest BCUT2D eigenvalue weighted by Crippen LogP contribution is 2.26. The molecule has 2 aromatic rings. The number of nitrogens with two attached hydrogens (primary N) is 1. The summed E-state index contributed by atoms with van der Waals surface area (Å²) in [6, 6.07) is 1.84. The van der Waals surface area contributed by atoms with E-state index in [1.54, 1.807) is 12.4 Å². The van der Waals surface area contributed by atoms with Gasteiger partial charge in [-0.2, -0.15) is 15.4 Å². The van der Waals surface area contributed by atoms with Crippen LogP contribution in [-0.4, -0.2) is 27.4 Å². The number of pyridine rings is 1. The number of H-pyrrole nitrogens is 1. The van der Waals surface area contributed by atoms with Crippen molar-refractivity contribution < 1.29 is 0 Å². The van der Waals surface area contributed by atoms with E-state index in [0.29, 0.717) is 5.82 Å². The Hall–Kier alpha value is -1.95. The number of aromatic nitrogens is 4. The van der Waals surface area contributed by atoms with Gasteiger partial charge in [0, 0.05) is 11.8 Å². The fourth-order valence-electron chi connectivity index (χ4n) is 1.76. The number of rotatable bonds is 3. The van der Waals surface area contributed by atoms with Crippen molar-refractivity contribution >= 4 is 5.82 Å². The predicted octanol–water partition coefficient (Wildman–Crippen LogP) is 0.399. The number of aromatic amines is 1. The molecule has 6 nitrogen and oxygen atoms in total. The lowest BCUT2D eigenvalue weighted by Gasteiger charge is -2.17. The van der Waals surface area contributed by atoms with E-state index >= 15 is 0 Å². The summed E-state index contributed by atoms with van der Waals surface area (Å²) in [5, 5.41) is 13.6. The number of anilines is 1. The summed E-state index contributed by atoms with van der Waals surface area (Å²) < 4.78 is 0. The Balaban J connectivity index is 2.49. The molecule has 0 bridgehead atoms. The molecular formula is C10H14N6. The highest BCUT2D eigenvalue weighted by atomic mass is 15.3. The van der Waals surface area contributed by atoms with Gasteiger partial charge in [0.05, 0.1) is 12.2 Å². The second-order valence-corrected chi connectivity index (χ2v) is 3.54. The van der Waals surface area contributed by atoms with E-state index in [2.05, 4.69) is 25.7 Å². The number of hydrogen-bond donors (Lipinski definition) is 3. The van der Waals surface area contributed by atoms with Crippen LogP contribution >= 0.6 is 0 Å². The Kier molecular flexibility index (Phi) is 2.82. The maximum atomic E-state index is 5.89. The fourth-order valence-corrected chi connectivity index (χ4v) is 1.76. The zero-order valence-electron chi connectivity index (χ0n) is 9.23.